The second-order valence-electron chi connectivity index (χ2n) is 4.01. The molecule has 1 heterocycles. The van der Waals surface area contributed by atoms with E-state index in [9.17, 15) is 13.2 Å². The molecule has 0 radical (unpaired) electrons. The summed E-state index contributed by atoms with van der Waals surface area (Å²) >= 11 is 15.7. The monoisotopic (exact) mass is 350 g/mol. The van der Waals surface area contributed by atoms with Crippen LogP contribution in [0.25, 0.3) is 0 Å². The molecule has 2 rings (SSSR count). The van der Waals surface area contributed by atoms with Gasteiger partial charge in [-0.2, -0.15) is 0 Å². The summed E-state index contributed by atoms with van der Waals surface area (Å²) in [6, 6.07) is 5.29. The largest absolute Gasteiger partial charge is 0.573 e. The minimum atomic E-state index is -4.72. The molecule has 0 atom stereocenters. The fraction of sp³-hybridized carbons (Fsp3) is 0.250. The Morgan fingerprint density at radius 3 is 2.05 bits per heavy atom. The summed E-state index contributed by atoms with van der Waals surface area (Å²) in [5.41, 5.74) is 0.540. The molecular formula is C12H9F3N2OS3. The lowest BCUT2D eigenvalue weighted by molar-refractivity contribution is -0.274. The molecule has 1 saturated heterocycles. The van der Waals surface area contributed by atoms with E-state index in [0.717, 1.165) is 0 Å². The quantitative estimate of drug-likeness (QED) is 0.768. The Kier molecular flexibility index (Phi) is 4.45. The van der Waals surface area contributed by atoms with Gasteiger partial charge in [0, 0.05) is 12.2 Å². The first-order chi connectivity index (χ1) is 9.74. The highest BCUT2D eigenvalue weighted by molar-refractivity contribution is 7.90. The molecule has 0 spiro atoms. The summed E-state index contributed by atoms with van der Waals surface area (Å²) < 4.78 is 40.2. The van der Waals surface area contributed by atoms with Crippen LogP contribution in [-0.4, -0.2) is 32.9 Å². The molecule has 0 unspecified atom stereocenters. The van der Waals surface area contributed by atoms with Crippen molar-refractivity contribution < 1.29 is 17.9 Å². The van der Waals surface area contributed by atoms with Crippen LogP contribution >= 0.6 is 36.7 Å². The van der Waals surface area contributed by atoms with Gasteiger partial charge >= 0.3 is 6.36 Å². The smallest absolute Gasteiger partial charge is 0.406 e. The molecule has 1 aliphatic heterocycles. The van der Waals surface area contributed by atoms with Gasteiger partial charge in [0.15, 0.2) is 5.11 Å². The highest BCUT2D eigenvalue weighted by atomic mass is 32.1. The van der Waals surface area contributed by atoms with Crippen molar-refractivity contribution >= 4 is 57.4 Å². The number of hydrogen-bond acceptors (Lipinski definition) is 4. The molecule has 3 nitrogen and oxygen atoms in total. The molecule has 112 valence electrons. The van der Waals surface area contributed by atoms with Gasteiger partial charge in [-0.1, -0.05) is 24.4 Å². The third-order valence-corrected chi connectivity index (χ3v) is 4.02. The van der Waals surface area contributed by atoms with Crippen molar-refractivity contribution in [2.45, 2.75) is 13.3 Å². The maximum atomic E-state index is 12.1. The maximum Gasteiger partial charge on any atom is 0.573 e. The SMILES string of the molecule is CCN1C(=S)C(=S)N(c2ccc(OC(F)(F)F)cc2)C1=S. The Hall–Kier alpha value is -1.32. The number of benzene rings is 1. The second-order valence-corrected chi connectivity index (χ2v) is 5.15. The fourth-order valence-electron chi connectivity index (χ4n) is 1.81. The number of thiocarbonyl (C=S) groups is 3. The van der Waals surface area contributed by atoms with Crippen LogP contribution in [0.4, 0.5) is 18.9 Å². The van der Waals surface area contributed by atoms with Crippen LogP contribution in [-0.2, 0) is 0 Å². The summed E-state index contributed by atoms with van der Waals surface area (Å²) in [7, 11) is 0. The highest BCUT2D eigenvalue weighted by Gasteiger charge is 2.35. The summed E-state index contributed by atoms with van der Waals surface area (Å²) in [6.45, 7) is 2.45. The van der Waals surface area contributed by atoms with Gasteiger partial charge in [0.1, 0.15) is 15.7 Å². The van der Waals surface area contributed by atoms with Crippen LogP contribution in [0.2, 0.25) is 0 Å². The van der Waals surface area contributed by atoms with Crippen molar-refractivity contribution in [3.63, 3.8) is 0 Å². The van der Waals surface area contributed by atoms with Gasteiger partial charge in [-0.25, -0.2) is 0 Å². The van der Waals surface area contributed by atoms with Gasteiger partial charge in [-0.05, 0) is 43.4 Å². The predicted molar refractivity (Wildman–Crippen MR) is 85.8 cm³/mol. The summed E-state index contributed by atoms with van der Waals surface area (Å²) in [5.74, 6) is -0.308. The third-order valence-electron chi connectivity index (χ3n) is 2.70. The molecule has 0 aromatic heterocycles. The van der Waals surface area contributed by atoms with Crippen molar-refractivity contribution in [3.8, 4) is 5.75 Å². The fourth-order valence-corrected chi connectivity index (χ4v) is 2.95. The molecule has 1 fully saturated rings. The van der Waals surface area contributed by atoms with Crippen LogP contribution in [0, 0.1) is 0 Å². The normalized spacial score (nSPS) is 15.9. The summed E-state index contributed by atoms with van der Waals surface area (Å²) in [6.07, 6.45) is -4.72. The van der Waals surface area contributed by atoms with Gasteiger partial charge in [0.25, 0.3) is 0 Å². The molecule has 1 aromatic rings. The average molecular weight is 350 g/mol. The minimum Gasteiger partial charge on any atom is -0.406 e. The van der Waals surface area contributed by atoms with E-state index >= 15 is 0 Å². The molecule has 1 aromatic carbocycles. The second kappa shape index (κ2) is 5.82. The number of ether oxygens (including phenoxy) is 1. The van der Waals surface area contributed by atoms with Crippen LogP contribution in [0.1, 0.15) is 6.92 Å². The molecule has 9 heteroatoms. The molecule has 0 saturated carbocycles. The average Bonchev–Trinajstić information content (AvgIpc) is 2.60. The van der Waals surface area contributed by atoms with E-state index < -0.39 is 6.36 Å². The number of hydrogen-bond donors (Lipinski definition) is 0. The topological polar surface area (TPSA) is 15.7 Å². The van der Waals surface area contributed by atoms with Gasteiger partial charge < -0.3 is 9.64 Å². The first-order valence-electron chi connectivity index (χ1n) is 5.80. The van der Waals surface area contributed by atoms with E-state index in [1.807, 2.05) is 6.92 Å². The first kappa shape index (κ1) is 16.1. The Morgan fingerprint density at radius 1 is 1.05 bits per heavy atom. The van der Waals surface area contributed by atoms with E-state index in [0.29, 0.717) is 27.3 Å². The van der Waals surface area contributed by atoms with Gasteiger partial charge in [0.2, 0.25) is 0 Å². The Bertz CT molecular complexity index is 601. The van der Waals surface area contributed by atoms with E-state index in [4.69, 9.17) is 36.7 Å². The summed E-state index contributed by atoms with van der Waals surface area (Å²) in [4.78, 5) is 4.04. The molecule has 21 heavy (non-hydrogen) atoms. The number of alkyl halides is 3. The zero-order chi connectivity index (χ0) is 15.8. The lowest BCUT2D eigenvalue weighted by atomic mass is 10.3. The van der Waals surface area contributed by atoms with Crippen molar-refractivity contribution in [1.29, 1.82) is 0 Å². The molecule has 1 aliphatic rings. The molecule has 0 amide bonds. The van der Waals surface area contributed by atoms with Crippen molar-refractivity contribution in [3.05, 3.63) is 24.3 Å². The summed E-state index contributed by atoms with van der Waals surface area (Å²) in [5, 5.41) is 0.414. The number of anilines is 1. The highest BCUT2D eigenvalue weighted by Crippen LogP contribution is 2.28. The minimum absolute atomic E-state index is 0.308. The molecule has 0 N–H and O–H groups in total. The van der Waals surface area contributed by atoms with Gasteiger partial charge in [0.05, 0.1) is 0 Å². The van der Waals surface area contributed by atoms with E-state index in [1.165, 1.54) is 24.3 Å². The van der Waals surface area contributed by atoms with Crippen molar-refractivity contribution in [1.82, 2.24) is 4.90 Å². The molecule has 0 aliphatic carbocycles. The Balaban J connectivity index is 2.25. The Morgan fingerprint density at radius 2 is 1.62 bits per heavy atom. The van der Waals surface area contributed by atoms with Crippen LogP contribution in [0.3, 0.4) is 0 Å². The lowest BCUT2D eigenvalue weighted by Gasteiger charge is -2.19. The zero-order valence-corrected chi connectivity index (χ0v) is 13.1. The van der Waals surface area contributed by atoms with E-state index in [-0.39, 0.29) is 5.75 Å². The number of halogens is 3. The standard InChI is InChI=1S/C12H9F3N2OS3/c1-2-16-9(19)10(20)17(11(16)21)7-3-5-8(6-4-7)18-12(13,14)15/h3-6H,2H2,1H3. The van der Waals surface area contributed by atoms with Crippen LogP contribution < -0.4 is 9.64 Å². The molecular weight excluding hydrogens is 341 g/mol. The van der Waals surface area contributed by atoms with Gasteiger partial charge in [-0.15, -0.1) is 13.2 Å². The van der Waals surface area contributed by atoms with E-state index in [1.54, 1.807) is 9.80 Å². The van der Waals surface area contributed by atoms with Crippen molar-refractivity contribution in [2.75, 3.05) is 11.4 Å². The lowest BCUT2D eigenvalue weighted by Crippen LogP contribution is -2.32. The van der Waals surface area contributed by atoms with Gasteiger partial charge in [-0.3, -0.25) is 4.90 Å². The number of rotatable bonds is 3. The Labute approximate surface area is 135 Å². The zero-order valence-electron chi connectivity index (χ0n) is 10.7. The number of nitrogens with zero attached hydrogens (tertiary/aromatic N) is 2. The first-order valence-corrected chi connectivity index (χ1v) is 7.03. The van der Waals surface area contributed by atoms with Crippen molar-refractivity contribution in [2.24, 2.45) is 0 Å². The molecule has 0 bridgehead atoms. The maximum absolute atomic E-state index is 12.1. The van der Waals surface area contributed by atoms with Crippen LogP contribution in [0.15, 0.2) is 24.3 Å². The van der Waals surface area contributed by atoms with Crippen LogP contribution in [0.5, 0.6) is 5.75 Å². The predicted octanol–water partition coefficient (Wildman–Crippen LogP) is 3.67. The van der Waals surface area contributed by atoms with E-state index in [2.05, 4.69) is 4.74 Å². The number of likely N-dealkylation sites (N-methyl/N-ethyl adjacent to an activating group) is 1. The third kappa shape index (κ3) is 3.30.